The molecule has 0 aliphatic heterocycles. The van der Waals surface area contributed by atoms with Gasteiger partial charge in [0.25, 0.3) is 0 Å². The Bertz CT molecular complexity index is 685. The SMILES string of the molecule is Clc1ccc(N(Cc2ccncc2)c2ccc(Br)cn2)cc1. The molecule has 2 aromatic heterocycles. The molecule has 3 rings (SSSR count). The van der Waals surface area contributed by atoms with Crippen LogP contribution in [0.4, 0.5) is 11.5 Å². The number of benzene rings is 1. The minimum absolute atomic E-state index is 0.707. The Morgan fingerprint density at radius 1 is 0.955 bits per heavy atom. The number of aromatic nitrogens is 2. The topological polar surface area (TPSA) is 29.0 Å². The number of halogens is 2. The van der Waals surface area contributed by atoms with E-state index in [9.17, 15) is 0 Å². The highest BCUT2D eigenvalue weighted by Crippen LogP contribution is 2.27. The van der Waals surface area contributed by atoms with E-state index in [0.29, 0.717) is 6.54 Å². The Hall–Kier alpha value is -1.91. The van der Waals surface area contributed by atoms with Crippen LogP contribution in [-0.4, -0.2) is 9.97 Å². The molecule has 0 saturated heterocycles. The Labute approximate surface area is 142 Å². The maximum absolute atomic E-state index is 5.99. The van der Waals surface area contributed by atoms with Crippen molar-refractivity contribution in [3.8, 4) is 0 Å². The first kappa shape index (κ1) is 15.0. The Morgan fingerprint density at radius 3 is 2.32 bits per heavy atom. The quantitative estimate of drug-likeness (QED) is 0.626. The molecule has 0 aliphatic carbocycles. The molecule has 110 valence electrons. The predicted molar refractivity (Wildman–Crippen MR) is 93.5 cm³/mol. The monoisotopic (exact) mass is 373 g/mol. The molecule has 0 N–H and O–H groups in total. The maximum Gasteiger partial charge on any atom is 0.133 e. The average molecular weight is 375 g/mol. The molecule has 22 heavy (non-hydrogen) atoms. The van der Waals surface area contributed by atoms with Crippen LogP contribution in [0.2, 0.25) is 5.02 Å². The smallest absolute Gasteiger partial charge is 0.133 e. The van der Waals surface area contributed by atoms with Crippen LogP contribution in [0, 0.1) is 0 Å². The van der Waals surface area contributed by atoms with Gasteiger partial charge in [-0.1, -0.05) is 11.6 Å². The summed E-state index contributed by atoms with van der Waals surface area (Å²) in [5.74, 6) is 0.877. The number of nitrogens with zero attached hydrogens (tertiary/aromatic N) is 3. The van der Waals surface area contributed by atoms with Crippen molar-refractivity contribution in [2.75, 3.05) is 4.90 Å². The van der Waals surface area contributed by atoms with Crippen LogP contribution in [0.5, 0.6) is 0 Å². The third-order valence-electron chi connectivity index (χ3n) is 3.22. The van der Waals surface area contributed by atoms with Gasteiger partial charge < -0.3 is 4.90 Å². The summed E-state index contributed by atoms with van der Waals surface area (Å²) < 4.78 is 0.955. The zero-order chi connectivity index (χ0) is 15.4. The number of pyridine rings is 2. The highest BCUT2D eigenvalue weighted by atomic mass is 79.9. The molecular weight excluding hydrogens is 362 g/mol. The lowest BCUT2D eigenvalue weighted by molar-refractivity contribution is 0.942. The van der Waals surface area contributed by atoms with E-state index in [-0.39, 0.29) is 0 Å². The van der Waals surface area contributed by atoms with E-state index in [2.05, 4.69) is 30.8 Å². The van der Waals surface area contributed by atoms with E-state index in [4.69, 9.17) is 11.6 Å². The summed E-state index contributed by atoms with van der Waals surface area (Å²) in [5, 5.41) is 0.719. The molecule has 0 unspecified atom stereocenters. The molecule has 0 bridgehead atoms. The average Bonchev–Trinajstić information content (AvgIpc) is 2.56. The van der Waals surface area contributed by atoms with Crippen LogP contribution < -0.4 is 4.90 Å². The largest absolute Gasteiger partial charge is 0.322 e. The van der Waals surface area contributed by atoms with Gasteiger partial charge in [0.1, 0.15) is 5.82 Å². The summed E-state index contributed by atoms with van der Waals surface area (Å²) >= 11 is 9.42. The Balaban J connectivity index is 1.97. The molecule has 0 aliphatic rings. The highest BCUT2D eigenvalue weighted by Gasteiger charge is 2.11. The molecule has 2 heterocycles. The van der Waals surface area contributed by atoms with Crippen LogP contribution in [-0.2, 0) is 6.54 Å². The van der Waals surface area contributed by atoms with Crippen molar-refractivity contribution >= 4 is 39.0 Å². The van der Waals surface area contributed by atoms with Gasteiger partial charge in [-0.3, -0.25) is 4.98 Å². The molecule has 0 fully saturated rings. The zero-order valence-electron chi connectivity index (χ0n) is 11.7. The molecular formula is C17H13BrClN3. The van der Waals surface area contributed by atoms with Crippen LogP contribution in [0.1, 0.15) is 5.56 Å². The lowest BCUT2D eigenvalue weighted by atomic mass is 10.2. The Kier molecular flexibility index (Phi) is 4.71. The van der Waals surface area contributed by atoms with E-state index >= 15 is 0 Å². The van der Waals surface area contributed by atoms with Gasteiger partial charge in [0.15, 0.2) is 0 Å². The highest BCUT2D eigenvalue weighted by molar-refractivity contribution is 9.10. The van der Waals surface area contributed by atoms with Crippen molar-refractivity contribution in [2.45, 2.75) is 6.54 Å². The van der Waals surface area contributed by atoms with Gasteiger partial charge in [-0.05, 0) is 70.0 Å². The number of hydrogen-bond acceptors (Lipinski definition) is 3. The van der Waals surface area contributed by atoms with Crippen molar-refractivity contribution in [1.29, 1.82) is 0 Å². The Morgan fingerprint density at radius 2 is 1.68 bits per heavy atom. The van der Waals surface area contributed by atoms with E-state index in [1.165, 1.54) is 0 Å². The fourth-order valence-corrected chi connectivity index (χ4v) is 2.48. The fourth-order valence-electron chi connectivity index (χ4n) is 2.12. The standard InChI is InChI=1S/C17H13BrClN3/c18-14-1-6-17(21-11-14)22(12-13-7-9-20-10-8-13)16-4-2-15(19)3-5-16/h1-11H,12H2. The summed E-state index contributed by atoms with van der Waals surface area (Å²) in [6.45, 7) is 0.707. The summed E-state index contributed by atoms with van der Waals surface area (Å²) in [7, 11) is 0. The van der Waals surface area contributed by atoms with Crippen LogP contribution in [0.15, 0.2) is 71.6 Å². The molecule has 0 atom stereocenters. The van der Waals surface area contributed by atoms with E-state index < -0.39 is 0 Å². The van der Waals surface area contributed by atoms with Crippen molar-refractivity contribution in [1.82, 2.24) is 9.97 Å². The first-order chi connectivity index (χ1) is 10.7. The summed E-state index contributed by atoms with van der Waals surface area (Å²) in [6, 6.07) is 15.7. The minimum Gasteiger partial charge on any atom is -0.322 e. The van der Waals surface area contributed by atoms with Gasteiger partial charge in [-0.25, -0.2) is 4.98 Å². The fraction of sp³-hybridized carbons (Fsp3) is 0.0588. The molecule has 3 nitrogen and oxygen atoms in total. The first-order valence-electron chi connectivity index (χ1n) is 6.76. The molecule has 0 radical (unpaired) electrons. The van der Waals surface area contributed by atoms with Crippen LogP contribution in [0.25, 0.3) is 0 Å². The molecule has 0 spiro atoms. The van der Waals surface area contributed by atoms with Gasteiger partial charge in [-0.15, -0.1) is 0 Å². The number of hydrogen-bond donors (Lipinski definition) is 0. The molecule has 3 aromatic rings. The molecule has 0 amide bonds. The molecule has 0 saturated carbocycles. The zero-order valence-corrected chi connectivity index (χ0v) is 14.0. The summed E-state index contributed by atoms with van der Waals surface area (Å²) in [6.07, 6.45) is 5.39. The molecule has 1 aromatic carbocycles. The minimum atomic E-state index is 0.707. The summed E-state index contributed by atoms with van der Waals surface area (Å²) in [4.78, 5) is 10.7. The third-order valence-corrected chi connectivity index (χ3v) is 3.94. The van der Waals surface area contributed by atoms with E-state index in [1.54, 1.807) is 18.6 Å². The van der Waals surface area contributed by atoms with Crippen molar-refractivity contribution in [3.63, 3.8) is 0 Å². The lowest BCUT2D eigenvalue weighted by Gasteiger charge is -2.24. The van der Waals surface area contributed by atoms with Gasteiger partial charge in [0, 0.05) is 40.3 Å². The first-order valence-corrected chi connectivity index (χ1v) is 7.93. The van der Waals surface area contributed by atoms with E-state index in [0.717, 1.165) is 26.6 Å². The van der Waals surface area contributed by atoms with Gasteiger partial charge in [0.05, 0.1) is 0 Å². The second kappa shape index (κ2) is 6.90. The normalized spacial score (nSPS) is 10.5. The second-order valence-corrected chi connectivity index (χ2v) is 6.10. The number of anilines is 2. The van der Waals surface area contributed by atoms with Gasteiger partial charge >= 0.3 is 0 Å². The van der Waals surface area contributed by atoms with Crippen LogP contribution >= 0.6 is 27.5 Å². The van der Waals surface area contributed by atoms with Crippen molar-refractivity contribution < 1.29 is 0 Å². The van der Waals surface area contributed by atoms with E-state index in [1.807, 2.05) is 48.5 Å². The predicted octanol–water partition coefficient (Wildman–Crippen LogP) is 5.23. The maximum atomic E-state index is 5.99. The lowest BCUT2D eigenvalue weighted by Crippen LogP contribution is -2.17. The van der Waals surface area contributed by atoms with Crippen LogP contribution in [0.3, 0.4) is 0 Å². The second-order valence-electron chi connectivity index (χ2n) is 4.75. The third kappa shape index (κ3) is 3.64. The van der Waals surface area contributed by atoms with Crippen molar-refractivity contribution in [3.05, 3.63) is 82.2 Å². The van der Waals surface area contributed by atoms with Gasteiger partial charge in [0.2, 0.25) is 0 Å². The number of rotatable bonds is 4. The molecule has 5 heteroatoms. The summed E-state index contributed by atoms with van der Waals surface area (Å²) in [5.41, 5.74) is 2.20. The van der Waals surface area contributed by atoms with Gasteiger partial charge in [-0.2, -0.15) is 0 Å². The van der Waals surface area contributed by atoms with Crippen molar-refractivity contribution in [2.24, 2.45) is 0 Å².